The average molecular weight is 375 g/mol. The standard InChI is InChI=1S/C25H42O2/c1-3-5-7-9-11-24(25(26)27)23-18-16-22(17-19-23)21-14-12-20(13-15-21)10-8-6-4-2/h7,9,11,20-23H,3-6,8,10,12-19H2,1-2H3,(H,26,27). The molecule has 2 fully saturated rings. The Morgan fingerprint density at radius 1 is 0.889 bits per heavy atom. The topological polar surface area (TPSA) is 37.3 Å². The number of carbonyl (C=O) groups is 1. The summed E-state index contributed by atoms with van der Waals surface area (Å²) >= 11 is 0. The quantitative estimate of drug-likeness (QED) is 0.243. The molecule has 1 N–H and O–H groups in total. The number of rotatable bonds is 10. The first-order valence-electron chi connectivity index (χ1n) is 11.8. The lowest BCUT2D eigenvalue weighted by atomic mass is 9.68. The molecule has 0 aromatic rings. The predicted octanol–water partition coefficient (Wildman–Crippen LogP) is 7.55. The van der Waals surface area contributed by atoms with Gasteiger partial charge in [-0.05, 0) is 68.6 Å². The Kier molecular flexibility index (Phi) is 10.2. The van der Waals surface area contributed by atoms with Crippen molar-refractivity contribution >= 4 is 5.97 Å². The molecule has 0 bridgehead atoms. The summed E-state index contributed by atoms with van der Waals surface area (Å²) in [5, 5.41) is 9.61. The van der Waals surface area contributed by atoms with E-state index in [-0.39, 0.29) is 5.92 Å². The third-order valence-corrected chi connectivity index (χ3v) is 7.10. The zero-order valence-electron chi connectivity index (χ0n) is 17.8. The second-order valence-electron chi connectivity index (χ2n) is 9.03. The van der Waals surface area contributed by atoms with E-state index in [0.717, 1.165) is 43.4 Å². The van der Waals surface area contributed by atoms with Crippen LogP contribution in [0.3, 0.4) is 0 Å². The third-order valence-electron chi connectivity index (χ3n) is 7.10. The number of hydrogen-bond donors (Lipinski definition) is 1. The van der Waals surface area contributed by atoms with Gasteiger partial charge in [0, 0.05) is 5.57 Å². The van der Waals surface area contributed by atoms with Crippen LogP contribution in [-0.2, 0) is 4.79 Å². The Labute approximate surface area is 167 Å². The number of unbranched alkanes of at least 4 members (excludes halogenated alkanes) is 3. The maximum atomic E-state index is 11.7. The summed E-state index contributed by atoms with van der Waals surface area (Å²) in [5.74, 6) is 2.29. The third kappa shape index (κ3) is 7.47. The number of carboxylic acid groups (broad SMARTS) is 1. The first-order valence-corrected chi connectivity index (χ1v) is 11.8. The molecular weight excluding hydrogens is 332 g/mol. The van der Waals surface area contributed by atoms with Gasteiger partial charge in [0.15, 0.2) is 0 Å². The summed E-state index contributed by atoms with van der Waals surface area (Å²) in [4.78, 5) is 11.7. The molecule has 0 saturated heterocycles. The van der Waals surface area contributed by atoms with E-state index in [4.69, 9.17) is 0 Å². The molecule has 2 saturated carbocycles. The Bertz CT molecular complexity index is 475. The van der Waals surface area contributed by atoms with E-state index >= 15 is 0 Å². The molecule has 0 aromatic carbocycles. The Morgan fingerprint density at radius 3 is 2.07 bits per heavy atom. The SMILES string of the molecule is CCCC=CC=C(C(=O)O)C1CCC(C2CCC(CCCCC)CC2)CC1. The fourth-order valence-electron chi connectivity index (χ4n) is 5.35. The normalized spacial score (nSPS) is 29.9. The second kappa shape index (κ2) is 12.4. The summed E-state index contributed by atoms with van der Waals surface area (Å²) in [6, 6.07) is 0. The fraction of sp³-hybridized carbons (Fsp3) is 0.800. The minimum atomic E-state index is -0.716. The highest BCUT2D eigenvalue weighted by atomic mass is 16.4. The van der Waals surface area contributed by atoms with E-state index in [1.165, 1.54) is 64.2 Å². The van der Waals surface area contributed by atoms with Gasteiger partial charge in [-0.15, -0.1) is 0 Å². The molecule has 0 aliphatic heterocycles. The van der Waals surface area contributed by atoms with Gasteiger partial charge in [-0.25, -0.2) is 4.79 Å². The van der Waals surface area contributed by atoms with Crippen LogP contribution in [0.1, 0.15) is 104 Å². The van der Waals surface area contributed by atoms with Crippen molar-refractivity contribution in [3.8, 4) is 0 Å². The van der Waals surface area contributed by atoms with E-state index in [2.05, 4.69) is 19.9 Å². The molecule has 0 unspecified atom stereocenters. The number of aliphatic carboxylic acids is 1. The number of hydrogen-bond acceptors (Lipinski definition) is 1. The van der Waals surface area contributed by atoms with Gasteiger partial charge >= 0.3 is 5.97 Å². The molecule has 2 heteroatoms. The summed E-state index contributed by atoms with van der Waals surface area (Å²) in [7, 11) is 0. The molecule has 27 heavy (non-hydrogen) atoms. The Balaban J connectivity index is 1.77. The molecule has 0 radical (unpaired) electrons. The Morgan fingerprint density at radius 2 is 1.52 bits per heavy atom. The minimum Gasteiger partial charge on any atom is -0.478 e. The molecule has 154 valence electrons. The maximum absolute atomic E-state index is 11.7. The maximum Gasteiger partial charge on any atom is 0.331 e. The van der Waals surface area contributed by atoms with E-state index in [1.54, 1.807) is 0 Å². The second-order valence-corrected chi connectivity index (χ2v) is 9.03. The summed E-state index contributed by atoms with van der Waals surface area (Å²) < 4.78 is 0. The number of allylic oxidation sites excluding steroid dienone is 3. The highest BCUT2D eigenvalue weighted by Crippen LogP contribution is 2.43. The van der Waals surface area contributed by atoms with Crippen LogP contribution in [0.25, 0.3) is 0 Å². The zero-order chi connectivity index (χ0) is 19.5. The van der Waals surface area contributed by atoms with Crippen LogP contribution in [0.4, 0.5) is 0 Å². The van der Waals surface area contributed by atoms with Gasteiger partial charge in [0.1, 0.15) is 0 Å². The first kappa shape index (κ1) is 22.2. The van der Waals surface area contributed by atoms with Crippen LogP contribution in [-0.4, -0.2) is 11.1 Å². The highest BCUT2D eigenvalue weighted by molar-refractivity contribution is 5.87. The van der Waals surface area contributed by atoms with Crippen molar-refractivity contribution < 1.29 is 9.90 Å². The predicted molar refractivity (Wildman–Crippen MR) is 115 cm³/mol. The molecular formula is C25H42O2. The van der Waals surface area contributed by atoms with Crippen LogP contribution in [0.15, 0.2) is 23.8 Å². The molecule has 0 atom stereocenters. The highest BCUT2D eigenvalue weighted by Gasteiger charge is 2.32. The van der Waals surface area contributed by atoms with Crippen molar-refractivity contribution in [3.63, 3.8) is 0 Å². The largest absolute Gasteiger partial charge is 0.478 e. The zero-order valence-corrected chi connectivity index (χ0v) is 17.8. The molecule has 0 amide bonds. The van der Waals surface area contributed by atoms with Crippen LogP contribution < -0.4 is 0 Å². The van der Waals surface area contributed by atoms with Crippen molar-refractivity contribution in [1.82, 2.24) is 0 Å². The lowest BCUT2D eigenvalue weighted by Crippen LogP contribution is -2.27. The van der Waals surface area contributed by atoms with Crippen LogP contribution in [0, 0.1) is 23.7 Å². The smallest absolute Gasteiger partial charge is 0.331 e. The van der Waals surface area contributed by atoms with Gasteiger partial charge in [-0.1, -0.05) is 77.0 Å². The Hall–Kier alpha value is -1.05. The van der Waals surface area contributed by atoms with Gasteiger partial charge in [-0.3, -0.25) is 0 Å². The van der Waals surface area contributed by atoms with Crippen LogP contribution >= 0.6 is 0 Å². The van der Waals surface area contributed by atoms with Gasteiger partial charge in [0.25, 0.3) is 0 Å². The molecule has 0 aromatic heterocycles. The van der Waals surface area contributed by atoms with E-state index in [0.29, 0.717) is 5.57 Å². The monoisotopic (exact) mass is 374 g/mol. The summed E-state index contributed by atoms with van der Waals surface area (Å²) in [6.45, 7) is 4.44. The van der Waals surface area contributed by atoms with Crippen LogP contribution in [0.5, 0.6) is 0 Å². The van der Waals surface area contributed by atoms with Gasteiger partial charge in [0.05, 0.1) is 0 Å². The van der Waals surface area contributed by atoms with Crippen molar-refractivity contribution in [2.45, 2.75) is 104 Å². The number of carboxylic acids is 1. The molecule has 2 aliphatic rings. The molecule has 0 heterocycles. The average Bonchev–Trinajstić information content (AvgIpc) is 2.69. The van der Waals surface area contributed by atoms with Gasteiger partial charge in [0.2, 0.25) is 0 Å². The molecule has 2 aliphatic carbocycles. The van der Waals surface area contributed by atoms with Crippen molar-refractivity contribution in [3.05, 3.63) is 23.8 Å². The lowest BCUT2D eigenvalue weighted by molar-refractivity contribution is -0.133. The summed E-state index contributed by atoms with van der Waals surface area (Å²) in [5.41, 5.74) is 0.639. The van der Waals surface area contributed by atoms with Gasteiger partial charge in [-0.2, -0.15) is 0 Å². The van der Waals surface area contributed by atoms with E-state index in [9.17, 15) is 9.90 Å². The summed E-state index contributed by atoms with van der Waals surface area (Å²) in [6.07, 6.45) is 24.0. The van der Waals surface area contributed by atoms with Crippen LogP contribution in [0.2, 0.25) is 0 Å². The van der Waals surface area contributed by atoms with E-state index in [1.807, 2.05) is 12.2 Å². The van der Waals surface area contributed by atoms with Crippen molar-refractivity contribution in [2.24, 2.45) is 23.7 Å². The van der Waals surface area contributed by atoms with Gasteiger partial charge < -0.3 is 5.11 Å². The molecule has 2 nitrogen and oxygen atoms in total. The van der Waals surface area contributed by atoms with Crippen molar-refractivity contribution in [1.29, 1.82) is 0 Å². The first-order chi connectivity index (χ1) is 13.2. The van der Waals surface area contributed by atoms with Crippen molar-refractivity contribution in [2.75, 3.05) is 0 Å². The molecule has 0 spiro atoms. The lowest BCUT2D eigenvalue weighted by Gasteiger charge is -2.38. The fourth-order valence-corrected chi connectivity index (χ4v) is 5.35. The molecule has 2 rings (SSSR count). The van der Waals surface area contributed by atoms with E-state index < -0.39 is 5.97 Å². The minimum absolute atomic E-state index is 0.260.